The summed E-state index contributed by atoms with van der Waals surface area (Å²) in [5.41, 5.74) is 1.03. The first-order valence-electron chi connectivity index (χ1n) is 9.10. The van der Waals surface area contributed by atoms with Gasteiger partial charge in [0.25, 0.3) is 0 Å². The number of benzene rings is 1. The molecule has 0 amide bonds. The molecule has 2 aromatic heterocycles. The second-order valence-corrected chi connectivity index (χ2v) is 6.25. The van der Waals surface area contributed by atoms with E-state index in [4.69, 9.17) is 6.11 Å². The number of fused-ring (bicyclic) bond motifs is 1. The molecular formula is C19H18F2N4O2. The minimum Gasteiger partial charge on any atom is -0.462 e. The van der Waals surface area contributed by atoms with Gasteiger partial charge in [0.2, 0.25) is 0 Å². The molecule has 0 aliphatic carbocycles. The third-order valence-electron chi connectivity index (χ3n) is 4.51. The molecule has 140 valence electrons. The van der Waals surface area contributed by atoms with E-state index in [1.807, 2.05) is 0 Å². The zero-order valence-electron chi connectivity index (χ0n) is 15.6. The maximum atomic E-state index is 14.6. The number of hydrogen-bond donors (Lipinski definition) is 0. The molecule has 3 heterocycles. The average molecular weight is 373 g/mol. The highest BCUT2D eigenvalue weighted by Crippen LogP contribution is 2.37. The van der Waals surface area contributed by atoms with Gasteiger partial charge in [0, 0.05) is 12.6 Å². The quantitative estimate of drug-likeness (QED) is 0.657. The number of carbonyl (C=O) groups excluding carboxylic acids is 1. The Hall–Kier alpha value is -3.03. The molecule has 1 aliphatic heterocycles. The predicted molar refractivity (Wildman–Crippen MR) is 94.9 cm³/mol. The molecule has 1 saturated heterocycles. The second-order valence-electron chi connectivity index (χ2n) is 6.25. The first-order valence-corrected chi connectivity index (χ1v) is 8.60. The van der Waals surface area contributed by atoms with Crippen LogP contribution in [0, 0.1) is 5.82 Å². The van der Waals surface area contributed by atoms with E-state index in [0.29, 0.717) is 11.4 Å². The molecule has 1 aromatic carbocycles. The fourth-order valence-electron chi connectivity index (χ4n) is 3.30. The van der Waals surface area contributed by atoms with Crippen LogP contribution in [0.3, 0.4) is 0 Å². The van der Waals surface area contributed by atoms with Gasteiger partial charge in [-0.3, -0.25) is 0 Å². The predicted octanol–water partition coefficient (Wildman–Crippen LogP) is 3.33. The molecule has 1 fully saturated rings. The maximum Gasteiger partial charge on any atom is 0.343 e. The normalized spacial score (nSPS) is 22.9. The molecule has 0 radical (unpaired) electrons. The van der Waals surface area contributed by atoms with Crippen LogP contribution in [0.15, 0.2) is 42.7 Å². The third-order valence-corrected chi connectivity index (χ3v) is 4.51. The molecule has 1 unspecified atom stereocenters. The molecule has 6 nitrogen and oxygen atoms in total. The van der Waals surface area contributed by atoms with Crippen molar-refractivity contribution in [2.24, 2.45) is 0 Å². The summed E-state index contributed by atoms with van der Waals surface area (Å²) in [6.07, 6.45) is 0.648. The first kappa shape index (κ1) is 16.2. The second kappa shape index (κ2) is 6.94. The van der Waals surface area contributed by atoms with E-state index in [1.54, 1.807) is 36.2 Å². The SMILES string of the molecule is [2H]C1(F)C[C@H](c2cccc(F)c2)N(c2ccn3ncc(C(=O)OCC)c3n2)C1. The van der Waals surface area contributed by atoms with Crippen LogP contribution >= 0.6 is 0 Å². The smallest absolute Gasteiger partial charge is 0.343 e. The minimum absolute atomic E-state index is 0.118. The van der Waals surface area contributed by atoms with Crippen LogP contribution in [0.2, 0.25) is 0 Å². The van der Waals surface area contributed by atoms with Crippen molar-refractivity contribution in [1.29, 1.82) is 0 Å². The average Bonchev–Trinajstić information content (AvgIpc) is 3.22. The summed E-state index contributed by atoms with van der Waals surface area (Å²) in [5.74, 6) is -0.604. The molecule has 8 heteroatoms. The lowest BCUT2D eigenvalue weighted by Gasteiger charge is -2.25. The highest BCUT2D eigenvalue weighted by Gasteiger charge is 2.34. The monoisotopic (exact) mass is 373 g/mol. The van der Waals surface area contributed by atoms with Crippen LogP contribution < -0.4 is 4.90 Å². The van der Waals surface area contributed by atoms with Gasteiger partial charge in [-0.2, -0.15) is 5.10 Å². The standard InChI is InChI=1S/C19H18F2N4O2/c1-2-27-19(26)15-10-22-25-7-6-17(23-18(15)25)24-11-14(21)9-16(24)12-4-3-5-13(20)8-12/h3-8,10,14,16H,2,9,11H2,1H3/t14?,16-/m1/s1/i14D. The lowest BCUT2D eigenvalue weighted by atomic mass is 10.0. The molecule has 3 aromatic rings. The highest BCUT2D eigenvalue weighted by molar-refractivity contribution is 5.95. The number of anilines is 1. The largest absolute Gasteiger partial charge is 0.462 e. The summed E-state index contributed by atoms with van der Waals surface area (Å²) < 4.78 is 42.6. The molecule has 0 N–H and O–H groups in total. The number of hydrogen-bond acceptors (Lipinski definition) is 5. The topological polar surface area (TPSA) is 59.7 Å². The summed E-state index contributed by atoms with van der Waals surface area (Å²) in [4.78, 5) is 18.2. The molecule has 0 saturated carbocycles. The van der Waals surface area contributed by atoms with Crippen LogP contribution in [-0.4, -0.2) is 39.9 Å². The Balaban J connectivity index is 1.76. The van der Waals surface area contributed by atoms with E-state index in [2.05, 4.69) is 10.1 Å². The van der Waals surface area contributed by atoms with Gasteiger partial charge in [-0.05, 0) is 30.7 Å². The number of esters is 1. The van der Waals surface area contributed by atoms with Crippen molar-refractivity contribution >= 4 is 17.4 Å². The summed E-state index contributed by atoms with van der Waals surface area (Å²) in [6.45, 7) is 1.69. The molecule has 2 atom stereocenters. The van der Waals surface area contributed by atoms with Crippen molar-refractivity contribution in [1.82, 2.24) is 14.6 Å². The van der Waals surface area contributed by atoms with Gasteiger partial charge in [0.15, 0.2) is 5.65 Å². The molecule has 0 spiro atoms. The van der Waals surface area contributed by atoms with Gasteiger partial charge >= 0.3 is 5.97 Å². The van der Waals surface area contributed by atoms with Gasteiger partial charge in [-0.25, -0.2) is 23.1 Å². The van der Waals surface area contributed by atoms with Crippen LogP contribution in [0.4, 0.5) is 14.6 Å². The van der Waals surface area contributed by atoms with Gasteiger partial charge in [0.05, 0.1) is 26.8 Å². The lowest BCUT2D eigenvalue weighted by molar-refractivity contribution is 0.0528. The van der Waals surface area contributed by atoms with Crippen molar-refractivity contribution < 1.29 is 19.7 Å². The van der Waals surface area contributed by atoms with E-state index in [1.165, 1.54) is 22.8 Å². The van der Waals surface area contributed by atoms with Gasteiger partial charge in [-0.1, -0.05) is 12.1 Å². The summed E-state index contributed by atoms with van der Waals surface area (Å²) in [7, 11) is 0. The fraction of sp³-hybridized carbons (Fsp3) is 0.316. The van der Waals surface area contributed by atoms with Crippen molar-refractivity contribution in [2.75, 3.05) is 18.1 Å². The van der Waals surface area contributed by atoms with Crippen molar-refractivity contribution in [2.45, 2.75) is 25.5 Å². The van der Waals surface area contributed by atoms with E-state index in [-0.39, 0.29) is 30.8 Å². The van der Waals surface area contributed by atoms with Crippen molar-refractivity contribution in [3.05, 3.63) is 59.7 Å². The number of halogens is 2. The Labute approximate surface area is 155 Å². The first-order chi connectivity index (χ1) is 13.4. The van der Waals surface area contributed by atoms with Crippen LogP contribution in [0.1, 0.15) is 36.7 Å². The zero-order valence-corrected chi connectivity index (χ0v) is 14.6. The third kappa shape index (κ3) is 3.22. The fourth-order valence-corrected chi connectivity index (χ4v) is 3.30. The Morgan fingerprint density at radius 3 is 3.07 bits per heavy atom. The van der Waals surface area contributed by atoms with E-state index in [9.17, 15) is 13.6 Å². The summed E-state index contributed by atoms with van der Waals surface area (Å²) in [6, 6.07) is 6.97. The van der Waals surface area contributed by atoms with Gasteiger partial charge in [-0.15, -0.1) is 0 Å². The molecular weight excluding hydrogens is 354 g/mol. The number of rotatable bonds is 4. The maximum absolute atomic E-state index is 14.6. The minimum atomic E-state index is -2.20. The molecule has 4 rings (SSSR count). The Morgan fingerprint density at radius 2 is 2.30 bits per heavy atom. The number of carbonyl (C=O) groups is 1. The number of aromatic nitrogens is 3. The van der Waals surface area contributed by atoms with E-state index >= 15 is 0 Å². The highest BCUT2D eigenvalue weighted by atomic mass is 19.1. The van der Waals surface area contributed by atoms with Crippen LogP contribution in [0.5, 0.6) is 0 Å². The van der Waals surface area contributed by atoms with Crippen molar-refractivity contribution in [3.63, 3.8) is 0 Å². The van der Waals surface area contributed by atoms with Gasteiger partial charge < -0.3 is 9.64 Å². The van der Waals surface area contributed by atoms with Gasteiger partial charge in [0.1, 0.15) is 23.3 Å². The number of nitrogens with zero attached hydrogens (tertiary/aromatic N) is 4. The molecule has 27 heavy (non-hydrogen) atoms. The molecule has 0 bridgehead atoms. The van der Waals surface area contributed by atoms with E-state index < -0.39 is 24.0 Å². The summed E-state index contributed by atoms with van der Waals surface area (Å²) >= 11 is 0. The van der Waals surface area contributed by atoms with Crippen LogP contribution in [-0.2, 0) is 4.74 Å². The van der Waals surface area contributed by atoms with Crippen LogP contribution in [0.25, 0.3) is 5.65 Å². The van der Waals surface area contributed by atoms with Crippen molar-refractivity contribution in [3.8, 4) is 0 Å². The number of ether oxygens (including phenoxy) is 1. The molecule has 1 aliphatic rings. The Kier molecular flexibility index (Phi) is 4.16. The Morgan fingerprint density at radius 1 is 1.44 bits per heavy atom. The lowest BCUT2D eigenvalue weighted by Crippen LogP contribution is -2.25. The van der Waals surface area contributed by atoms with E-state index in [0.717, 1.165) is 0 Å². The number of alkyl halides is 1. The summed E-state index contributed by atoms with van der Waals surface area (Å²) in [5, 5.41) is 4.08. The zero-order chi connectivity index (χ0) is 19.9. The Bertz CT molecular complexity index is 1040.